The molecule has 2 heterocycles. The second-order valence-electron chi connectivity index (χ2n) is 5.99. The third kappa shape index (κ3) is 2.48. The van der Waals surface area contributed by atoms with Crippen molar-refractivity contribution >= 4 is 5.95 Å². The maximum atomic E-state index is 6.02. The van der Waals surface area contributed by atoms with Crippen LogP contribution in [0.3, 0.4) is 0 Å². The highest BCUT2D eigenvalue weighted by Gasteiger charge is 2.38. The molecule has 2 fully saturated rings. The first-order chi connectivity index (χ1) is 9.34. The summed E-state index contributed by atoms with van der Waals surface area (Å²) in [7, 11) is 0. The van der Waals surface area contributed by atoms with Gasteiger partial charge in [-0.05, 0) is 37.3 Å². The molecule has 0 bridgehead atoms. The molecule has 0 unspecified atom stereocenters. The van der Waals surface area contributed by atoms with Crippen molar-refractivity contribution in [1.82, 2.24) is 10.1 Å². The first-order valence-corrected chi connectivity index (χ1v) is 7.63. The van der Waals surface area contributed by atoms with E-state index in [4.69, 9.17) is 10.3 Å². The van der Waals surface area contributed by atoms with Crippen molar-refractivity contribution in [2.24, 2.45) is 5.73 Å². The quantitative estimate of drug-likeness (QED) is 0.906. The van der Waals surface area contributed by atoms with Crippen LogP contribution >= 0.6 is 0 Å². The summed E-state index contributed by atoms with van der Waals surface area (Å²) < 4.78 is 5.57. The van der Waals surface area contributed by atoms with Gasteiger partial charge in [0.25, 0.3) is 5.95 Å². The fourth-order valence-corrected chi connectivity index (χ4v) is 3.39. The predicted octanol–water partition coefficient (Wildman–Crippen LogP) is 2.22. The Morgan fingerprint density at radius 1 is 1.05 bits per heavy atom. The van der Waals surface area contributed by atoms with Crippen LogP contribution in [0.5, 0.6) is 0 Å². The standard InChI is InChI=1S/C14H24N4O/c15-11-14(7-3-1-4-8-14)12-16-13(17-19-12)18-9-5-2-6-10-18/h1-11,15H2. The van der Waals surface area contributed by atoms with Crippen molar-refractivity contribution in [3.05, 3.63) is 5.89 Å². The topological polar surface area (TPSA) is 68.2 Å². The number of nitrogens with zero attached hydrogens (tertiary/aromatic N) is 3. The van der Waals surface area contributed by atoms with Gasteiger partial charge in [0.05, 0.1) is 5.41 Å². The Kier molecular flexibility index (Phi) is 3.73. The van der Waals surface area contributed by atoms with Crippen molar-refractivity contribution in [3.63, 3.8) is 0 Å². The van der Waals surface area contributed by atoms with Gasteiger partial charge in [0.2, 0.25) is 5.89 Å². The highest BCUT2D eigenvalue weighted by Crippen LogP contribution is 2.38. The van der Waals surface area contributed by atoms with Crippen LogP contribution in [0.4, 0.5) is 5.95 Å². The van der Waals surface area contributed by atoms with Crippen LogP contribution in [0.15, 0.2) is 4.52 Å². The molecule has 5 nitrogen and oxygen atoms in total. The Labute approximate surface area is 114 Å². The van der Waals surface area contributed by atoms with Crippen molar-refractivity contribution in [2.75, 3.05) is 24.5 Å². The molecule has 1 saturated carbocycles. The van der Waals surface area contributed by atoms with E-state index in [2.05, 4.69) is 15.0 Å². The molecule has 2 N–H and O–H groups in total. The molecular weight excluding hydrogens is 240 g/mol. The molecule has 0 spiro atoms. The van der Waals surface area contributed by atoms with Gasteiger partial charge in [-0.3, -0.25) is 0 Å². The summed E-state index contributed by atoms with van der Waals surface area (Å²) in [5.41, 5.74) is 5.96. The molecular formula is C14H24N4O. The molecule has 19 heavy (non-hydrogen) atoms. The molecule has 1 aromatic heterocycles. The zero-order valence-electron chi connectivity index (χ0n) is 11.6. The van der Waals surface area contributed by atoms with Crippen molar-refractivity contribution in [2.45, 2.75) is 56.8 Å². The molecule has 1 aliphatic heterocycles. The summed E-state index contributed by atoms with van der Waals surface area (Å²) in [6.07, 6.45) is 9.69. The number of nitrogens with two attached hydrogens (primary N) is 1. The van der Waals surface area contributed by atoms with Gasteiger partial charge in [0.15, 0.2) is 0 Å². The third-order valence-corrected chi connectivity index (χ3v) is 4.71. The molecule has 1 saturated heterocycles. The smallest absolute Gasteiger partial charge is 0.266 e. The lowest BCUT2D eigenvalue weighted by Gasteiger charge is -2.32. The van der Waals surface area contributed by atoms with Crippen LogP contribution in [0.1, 0.15) is 57.3 Å². The molecule has 0 radical (unpaired) electrons. The Morgan fingerprint density at radius 3 is 2.42 bits per heavy atom. The van der Waals surface area contributed by atoms with E-state index in [1.165, 1.54) is 38.5 Å². The zero-order chi connectivity index (χ0) is 13.1. The van der Waals surface area contributed by atoms with Crippen LogP contribution < -0.4 is 10.6 Å². The van der Waals surface area contributed by atoms with Gasteiger partial charge < -0.3 is 15.2 Å². The molecule has 2 aliphatic rings. The van der Waals surface area contributed by atoms with Crippen molar-refractivity contribution in [3.8, 4) is 0 Å². The molecule has 1 aromatic rings. The van der Waals surface area contributed by atoms with E-state index in [0.29, 0.717) is 6.54 Å². The summed E-state index contributed by atoms with van der Waals surface area (Å²) in [6, 6.07) is 0. The van der Waals surface area contributed by atoms with E-state index in [-0.39, 0.29) is 5.41 Å². The monoisotopic (exact) mass is 264 g/mol. The Bertz CT molecular complexity index is 405. The second-order valence-corrected chi connectivity index (χ2v) is 5.99. The van der Waals surface area contributed by atoms with Crippen LogP contribution in [0.2, 0.25) is 0 Å². The lowest BCUT2D eigenvalue weighted by Crippen LogP contribution is -2.37. The molecule has 5 heteroatoms. The minimum absolute atomic E-state index is 0.0563. The van der Waals surface area contributed by atoms with Gasteiger partial charge in [-0.25, -0.2) is 0 Å². The minimum atomic E-state index is -0.0563. The number of piperidine rings is 1. The molecule has 3 rings (SSSR count). The largest absolute Gasteiger partial charge is 0.338 e. The van der Waals surface area contributed by atoms with E-state index in [9.17, 15) is 0 Å². The van der Waals surface area contributed by atoms with Gasteiger partial charge in [-0.15, -0.1) is 0 Å². The normalized spacial score (nSPS) is 23.5. The summed E-state index contributed by atoms with van der Waals surface area (Å²) in [5, 5.41) is 4.19. The van der Waals surface area contributed by atoms with Crippen molar-refractivity contribution < 1.29 is 4.52 Å². The van der Waals surface area contributed by atoms with Crippen LogP contribution in [0, 0.1) is 0 Å². The Balaban J connectivity index is 1.79. The van der Waals surface area contributed by atoms with E-state index in [1.54, 1.807) is 0 Å². The second kappa shape index (κ2) is 5.49. The fraction of sp³-hybridized carbons (Fsp3) is 0.857. The molecule has 106 valence electrons. The predicted molar refractivity (Wildman–Crippen MR) is 74.2 cm³/mol. The zero-order valence-corrected chi connectivity index (χ0v) is 11.6. The first kappa shape index (κ1) is 12.9. The number of hydrogen-bond donors (Lipinski definition) is 1. The molecule has 0 aromatic carbocycles. The van der Waals surface area contributed by atoms with E-state index >= 15 is 0 Å². The van der Waals surface area contributed by atoms with Crippen molar-refractivity contribution in [1.29, 1.82) is 0 Å². The van der Waals surface area contributed by atoms with E-state index < -0.39 is 0 Å². The third-order valence-electron chi connectivity index (χ3n) is 4.71. The highest BCUT2D eigenvalue weighted by molar-refractivity contribution is 5.29. The summed E-state index contributed by atoms with van der Waals surface area (Å²) >= 11 is 0. The lowest BCUT2D eigenvalue weighted by atomic mass is 9.74. The summed E-state index contributed by atoms with van der Waals surface area (Å²) in [5.74, 6) is 1.54. The SMILES string of the molecule is NCC1(c2nc(N3CCCCC3)no2)CCCCC1. The summed E-state index contributed by atoms with van der Waals surface area (Å²) in [4.78, 5) is 6.91. The van der Waals surface area contributed by atoms with Crippen LogP contribution in [-0.4, -0.2) is 29.8 Å². The van der Waals surface area contributed by atoms with E-state index in [0.717, 1.165) is 37.8 Å². The van der Waals surface area contributed by atoms with Gasteiger partial charge in [-0.1, -0.05) is 19.3 Å². The maximum Gasteiger partial charge on any atom is 0.266 e. The average molecular weight is 264 g/mol. The number of anilines is 1. The lowest BCUT2D eigenvalue weighted by molar-refractivity contribution is 0.220. The fourth-order valence-electron chi connectivity index (χ4n) is 3.39. The summed E-state index contributed by atoms with van der Waals surface area (Å²) in [6.45, 7) is 2.72. The number of hydrogen-bond acceptors (Lipinski definition) is 5. The van der Waals surface area contributed by atoms with Gasteiger partial charge >= 0.3 is 0 Å². The number of aromatic nitrogens is 2. The Hall–Kier alpha value is -1.10. The highest BCUT2D eigenvalue weighted by atomic mass is 16.5. The van der Waals surface area contributed by atoms with E-state index in [1.807, 2.05) is 0 Å². The van der Waals surface area contributed by atoms with Crippen LogP contribution in [0.25, 0.3) is 0 Å². The maximum absolute atomic E-state index is 6.02. The first-order valence-electron chi connectivity index (χ1n) is 7.63. The Morgan fingerprint density at radius 2 is 1.74 bits per heavy atom. The average Bonchev–Trinajstić information content (AvgIpc) is 2.99. The van der Waals surface area contributed by atoms with Gasteiger partial charge in [-0.2, -0.15) is 4.98 Å². The minimum Gasteiger partial charge on any atom is -0.338 e. The van der Waals surface area contributed by atoms with Gasteiger partial charge in [0, 0.05) is 19.6 Å². The molecule has 0 atom stereocenters. The van der Waals surface area contributed by atoms with Gasteiger partial charge in [0.1, 0.15) is 0 Å². The molecule has 0 amide bonds. The van der Waals surface area contributed by atoms with Crippen LogP contribution in [-0.2, 0) is 5.41 Å². The number of rotatable bonds is 3. The molecule has 1 aliphatic carbocycles.